The van der Waals surface area contributed by atoms with Crippen LogP contribution in [0.1, 0.15) is 68.5 Å². The van der Waals surface area contributed by atoms with E-state index in [1.165, 1.54) is 17.0 Å². The van der Waals surface area contributed by atoms with Crippen LogP contribution < -0.4 is 10.1 Å². The monoisotopic (exact) mass is 703 g/mol. The number of nitrogens with one attached hydrogen (secondary N) is 1. The van der Waals surface area contributed by atoms with Gasteiger partial charge in [0, 0.05) is 74.6 Å². The maximum Gasteiger partial charge on any atom is 0.408 e. The van der Waals surface area contributed by atoms with Gasteiger partial charge in [0.05, 0.1) is 17.6 Å². The molecule has 2 fully saturated rings. The summed E-state index contributed by atoms with van der Waals surface area (Å²) in [7, 11) is 0. The van der Waals surface area contributed by atoms with E-state index in [1.54, 1.807) is 30.3 Å². The van der Waals surface area contributed by atoms with E-state index in [9.17, 15) is 4.79 Å². The second-order valence-electron chi connectivity index (χ2n) is 10.7. The molecule has 2 aliphatic rings. The molecule has 11 heteroatoms. The summed E-state index contributed by atoms with van der Waals surface area (Å²) in [6, 6.07) is 9.10. The summed E-state index contributed by atoms with van der Waals surface area (Å²) in [5, 5.41) is -0.319. The highest BCUT2D eigenvalue weighted by molar-refractivity contribution is 9.10. The van der Waals surface area contributed by atoms with Crippen molar-refractivity contribution in [3.05, 3.63) is 64.1 Å². The van der Waals surface area contributed by atoms with E-state index >= 15 is 0 Å². The number of aryl methyl sites for hydroxylation is 1. The zero-order valence-corrected chi connectivity index (χ0v) is 27.9. The van der Waals surface area contributed by atoms with Gasteiger partial charge < -0.3 is 14.8 Å². The number of alkyl carbamates (subject to hydrolysis) is 1. The minimum absolute atomic E-state index is 0.0822. The fourth-order valence-electron chi connectivity index (χ4n) is 4.82. The summed E-state index contributed by atoms with van der Waals surface area (Å²) in [6.45, 7) is 11.3. The van der Waals surface area contributed by atoms with Crippen LogP contribution in [0.15, 0.2) is 52.5 Å². The third-order valence-electron chi connectivity index (χ3n) is 7.31. The minimum Gasteiger partial charge on any atom is -0.487 e. The van der Waals surface area contributed by atoms with Crippen LogP contribution in [0.5, 0.6) is 5.75 Å². The molecule has 0 unspecified atom stereocenters. The summed E-state index contributed by atoms with van der Waals surface area (Å²) in [6.07, 6.45) is -10.8. The second-order valence-corrected chi connectivity index (χ2v) is 12.4. The van der Waals surface area contributed by atoms with Gasteiger partial charge in [0.1, 0.15) is 17.0 Å². The lowest BCUT2D eigenvalue weighted by Gasteiger charge is -2.36. The summed E-state index contributed by atoms with van der Waals surface area (Å²) >= 11 is 3.71. The Hall–Kier alpha value is -3.04. The van der Waals surface area contributed by atoms with E-state index in [0.29, 0.717) is 47.0 Å². The van der Waals surface area contributed by atoms with E-state index < -0.39 is 36.8 Å². The molecular weight excluding hydrogens is 652 g/mol. The number of halogens is 1. The van der Waals surface area contributed by atoms with Crippen LogP contribution in [0.2, 0.25) is 0 Å². The van der Waals surface area contributed by atoms with Crippen LogP contribution in [-0.4, -0.2) is 87.6 Å². The Balaban J connectivity index is 1.23. The van der Waals surface area contributed by atoms with Gasteiger partial charge in [-0.3, -0.25) is 19.4 Å². The third kappa shape index (κ3) is 9.49. The zero-order chi connectivity index (χ0) is 39.7. The van der Waals surface area contributed by atoms with Crippen molar-refractivity contribution in [3.8, 4) is 23.3 Å². The van der Waals surface area contributed by atoms with Crippen molar-refractivity contribution in [2.45, 2.75) is 69.3 Å². The molecule has 1 aliphatic carbocycles. The van der Waals surface area contributed by atoms with Crippen LogP contribution in [0.4, 0.5) is 4.79 Å². The van der Waals surface area contributed by atoms with E-state index in [2.05, 4.69) is 66.7 Å². The van der Waals surface area contributed by atoms with Gasteiger partial charge in [-0.2, -0.15) is 0 Å². The molecule has 240 valence electrons. The molecule has 1 aromatic carbocycles. The molecular formula is C34H43BrN6O3S. The summed E-state index contributed by atoms with van der Waals surface area (Å²) < 4.78 is 88.8. The Kier molecular flexibility index (Phi) is 8.55. The van der Waals surface area contributed by atoms with Crippen LogP contribution in [0.3, 0.4) is 0 Å². The summed E-state index contributed by atoms with van der Waals surface area (Å²) in [4.78, 5) is 25.5. The largest absolute Gasteiger partial charge is 0.487 e. The molecule has 45 heavy (non-hydrogen) atoms. The molecule has 3 heterocycles. The lowest BCUT2D eigenvalue weighted by Crippen LogP contribution is -2.50. The van der Waals surface area contributed by atoms with Crippen molar-refractivity contribution in [2.24, 2.45) is 0 Å². The van der Waals surface area contributed by atoms with Gasteiger partial charge >= 0.3 is 6.09 Å². The summed E-state index contributed by atoms with van der Waals surface area (Å²) in [5.41, 5.74) is 2.31. The molecule has 5 rings (SSSR count). The number of carbonyl (C=O) groups excluding carboxylic acids is 1. The maximum atomic E-state index is 12.2. The Bertz CT molecular complexity index is 1860. The second kappa shape index (κ2) is 16.5. The first kappa shape index (κ1) is 23.3. The maximum absolute atomic E-state index is 12.2. The zero-order valence-electron chi connectivity index (χ0n) is 34.5. The molecule has 9 nitrogen and oxygen atoms in total. The SMILES string of the molecule is [2H]C1([2H])C([2H])([2H])C([2H])([2H])C([2H])(Sc2nc(Br)c(COc3ccc(C#CCOC(=O)NCCN4CCN(C(C)C)CC4)c(C)c3)n2-c2cccnc2)C1([2H])[2H]. The number of nitrogens with zero attached hydrogens (tertiary/aromatic N) is 5. The van der Waals surface area contributed by atoms with Crippen molar-refractivity contribution >= 4 is 33.8 Å². The van der Waals surface area contributed by atoms with Crippen LogP contribution in [-0.2, 0) is 11.3 Å². The predicted octanol–water partition coefficient (Wildman–Crippen LogP) is 6.06. The molecule has 1 aliphatic heterocycles. The topological polar surface area (TPSA) is 84.8 Å². The Morgan fingerprint density at radius 3 is 2.76 bits per heavy atom. The van der Waals surface area contributed by atoms with E-state index in [4.69, 9.17) is 21.8 Å². The van der Waals surface area contributed by atoms with Crippen molar-refractivity contribution in [1.82, 2.24) is 29.7 Å². The van der Waals surface area contributed by atoms with Crippen LogP contribution in [0.25, 0.3) is 5.69 Å². The molecule has 1 N–H and O–H groups in total. The smallest absolute Gasteiger partial charge is 0.408 e. The lowest BCUT2D eigenvalue weighted by atomic mass is 10.1. The highest BCUT2D eigenvalue weighted by Crippen LogP contribution is 2.37. The molecule has 0 bridgehead atoms. The minimum atomic E-state index is -3.34. The number of piperazine rings is 1. The van der Waals surface area contributed by atoms with Crippen LogP contribution >= 0.6 is 27.7 Å². The lowest BCUT2D eigenvalue weighted by molar-refractivity contribution is 0.108. The third-order valence-corrected chi connectivity index (χ3v) is 8.81. The number of aromatic nitrogens is 3. The van der Waals surface area contributed by atoms with Gasteiger partial charge in [-0.05, 0) is 85.3 Å². The van der Waals surface area contributed by atoms with Gasteiger partial charge in [-0.15, -0.1) is 0 Å². The van der Waals surface area contributed by atoms with Gasteiger partial charge in [0.15, 0.2) is 11.8 Å². The van der Waals surface area contributed by atoms with Crippen molar-refractivity contribution in [3.63, 3.8) is 0 Å². The number of pyridine rings is 1. The Morgan fingerprint density at radius 1 is 1.24 bits per heavy atom. The van der Waals surface area contributed by atoms with Gasteiger partial charge in [0.2, 0.25) is 0 Å². The predicted molar refractivity (Wildman–Crippen MR) is 182 cm³/mol. The first-order chi connectivity index (χ1) is 25.2. The molecule has 1 saturated carbocycles. The first-order valence-corrected chi connectivity index (χ1v) is 16.3. The molecule has 0 atom stereocenters. The summed E-state index contributed by atoms with van der Waals surface area (Å²) in [5.74, 6) is 6.35. The number of hydrogen-bond donors (Lipinski definition) is 1. The number of benzene rings is 1. The Morgan fingerprint density at radius 2 is 2.04 bits per heavy atom. The number of thioether (sulfide) groups is 1. The quantitative estimate of drug-likeness (QED) is 0.242. The normalized spacial score (nSPS) is 24.2. The van der Waals surface area contributed by atoms with Gasteiger partial charge in [0.25, 0.3) is 0 Å². The van der Waals surface area contributed by atoms with Gasteiger partial charge in [-0.25, -0.2) is 9.78 Å². The van der Waals surface area contributed by atoms with Crippen LogP contribution in [0, 0.1) is 18.8 Å². The van der Waals surface area contributed by atoms with E-state index in [-0.39, 0.29) is 23.0 Å². The van der Waals surface area contributed by atoms with Crippen molar-refractivity contribution < 1.29 is 26.6 Å². The van der Waals surface area contributed by atoms with Crippen molar-refractivity contribution in [2.75, 3.05) is 45.9 Å². The highest BCUT2D eigenvalue weighted by atomic mass is 79.9. The number of carbonyl (C=O) groups is 1. The average Bonchev–Trinajstić information content (AvgIpc) is 3.45. The molecule has 1 saturated heterocycles. The fourth-order valence-corrected chi connectivity index (χ4v) is 6.23. The number of hydrogen-bond acceptors (Lipinski definition) is 8. The number of rotatable bonds is 11. The standard InChI is InChI=1S/C34H43BrN6O3S/c1-25(2)40-19-17-39(18-20-40)16-15-37-34(42)43-21-7-8-27-12-13-29(22-26(27)3)44-24-31-32(35)38-33(45-30-10-4-5-11-30)41(31)28-9-6-14-36-23-28/h6,9,12-14,22-23,25,30H,4-5,10-11,15-21,24H2,1-3H3,(H,37,42)/i4D2,5D2,10D2,11D2,30D. The average molecular weight is 705 g/mol. The van der Waals surface area contributed by atoms with E-state index in [1.807, 2.05) is 6.92 Å². The highest BCUT2D eigenvalue weighted by Gasteiger charge is 2.24. The molecule has 2 aromatic heterocycles. The molecule has 0 radical (unpaired) electrons. The number of imidazole rings is 1. The Labute approximate surface area is 292 Å². The molecule has 1 amide bonds. The molecule has 3 aromatic rings. The number of ether oxygens (including phenoxy) is 2. The van der Waals surface area contributed by atoms with Gasteiger partial charge in [-0.1, -0.05) is 36.3 Å². The van der Waals surface area contributed by atoms with Crippen molar-refractivity contribution in [1.29, 1.82) is 0 Å². The number of amides is 1. The van der Waals surface area contributed by atoms with E-state index in [0.717, 1.165) is 38.3 Å². The molecule has 0 spiro atoms. The fraction of sp³-hybridized carbons (Fsp3) is 0.500. The first-order valence-electron chi connectivity index (χ1n) is 19.2.